The first kappa shape index (κ1) is 18.2. The molecule has 27 heavy (non-hydrogen) atoms. The third-order valence-electron chi connectivity index (χ3n) is 5.76. The number of hydrogen-bond acceptors (Lipinski definition) is 4. The van der Waals surface area contributed by atoms with Gasteiger partial charge in [-0.05, 0) is 57.7 Å². The molecule has 2 unspecified atom stereocenters. The Hall–Kier alpha value is -2.14. The highest BCUT2D eigenvalue weighted by atomic mass is 16.6. The number of pyridine rings is 1. The highest BCUT2D eigenvalue weighted by molar-refractivity contribution is 5.79. The molecule has 2 bridgehead atoms. The molecule has 2 saturated heterocycles. The minimum Gasteiger partial charge on any atom is -0.444 e. The van der Waals surface area contributed by atoms with E-state index in [2.05, 4.69) is 4.98 Å². The number of benzene rings is 1. The molecular weight excluding hydrogens is 340 g/mol. The molecule has 0 aliphatic carbocycles. The second kappa shape index (κ2) is 6.48. The fraction of sp³-hybridized carbons (Fsp3) is 0.545. The van der Waals surface area contributed by atoms with Crippen LogP contribution in [0.3, 0.4) is 0 Å². The van der Waals surface area contributed by atoms with Gasteiger partial charge < -0.3 is 14.7 Å². The van der Waals surface area contributed by atoms with E-state index >= 15 is 0 Å². The zero-order valence-corrected chi connectivity index (χ0v) is 16.3. The molecule has 144 valence electrons. The van der Waals surface area contributed by atoms with Crippen molar-refractivity contribution in [3.05, 3.63) is 42.1 Å². The molecule has 3 heterocycles. The molecule has 0 spiro atoms. The topological polar surface area (TPSA) is 62.7 Å². The summed E-state index contributed by atoms with van der Waals surface area (Å²) < 4.78 is 5.64. The average molecular weight is 368 g/mol. The molecule has 1 aromatic heterocycles. The van der Waals surface area contributed by atoms with Crippen molar-refractivity contribution in [2.24, 2.45) is 0 Å². The first-order valence-electron chi connectivity index (χ1n) is 9.84. The van der Waals surface area contributed by atoms with Crippen LogP contribution in [0.25, 0.3) is 10.9 Å². The van der Waals surface area contributed by atoms with Crippen LogP contribution in [0.2, 0.25) is 0 Å². The Labute approximate surface area is 160 Å². The van der Waals surface area contributed by atoms with Gasteiger partial charge >= 0.3 is 6.09 Å². The molecule has 2 fully saturated rings. The number of piperidine rings is 2. The van der Waals surface area contributed by atoms with Crippen LogP contribution < -0.4 is 0 Å². The molecule has 2 aromatic rings. The van der Waals surface area contributed by atoms with Gasteiger partial charge in [-0.3, -0.25) is 4.98 Å². The standard InChI is InChI=1S/C22H28N2O3/c1-21(2,3)27-20(25)24-17-7-4-8-18(24)14-22(26,13-17)16-10-9-15-6-5-11-23-19(15)12-16/h5-6,9-12,17-18,26H,4,7-8,13-14H2,1-3H3. The first-order valence-corrected chi connectivity index (χ1v) is 9.84. The number of nitrogens with zero attached hydrogens (tertiary/aromatic N) is 2. The summed E-state index contributed by atoms with van der Waals surface area (Å²) in [6, 6.07) is 9.98. The summed E-state index contributed by atoms with van der Waals surface area (Å²) in [5.41, 5.74) is 0.348. The van der Waals surface area contributed by atoms with E-state index in [4.69, 9.17) is 4.74 Å². The second-order valence-corrected chi connectivity index (χ2v) is 8.98. The lowest BCUT2D eigenvalue weighted by Crippen LogP contribution is -2.59. The van der Waals surface area contributed by atoms with Gasteiger partial charge in [0.05, 0.1) is 11.1 Å². The Morgan fingerprint density at radius 2 is 1.93 bits per heavy atom. The van der Waals surface area contributed by atoms with Crippen LogP contribution >= 0.6 is 0 Å². The van der Waals surface area contributed by atoms with Gasteiger partial charge in [-0.1, -0.05) is 18.2 Å². The number of fused-ring (bicyclic) bond motifs is 3. The van der Waals surface area contributed by atoms with E-state index in [0.717, 1.165) is 35.7 Å². The molecule has 2 aliphatic heterocycles. The van der Waals surface area contributed by atoms with Crippen LogP contribution in [0.1, 0.15) is 58.4 Å². The highest BCUT2D eigenvalue weighted by Gasteiger charge is 2.49. The van der Waals surface area contributed by atoms with E-state index in [1.54, 1.807) is 6.20 Å². The van der Waals surface area contributed by atoms with Crippen LogP contribution in [0.15, 0.2) is 36.5 Å². The molecule has 0 saturated carbocycles. The maximum Gasteiger partial charge on any atom is 0.410 e. The minimum atomic E-state index is -0.931. The summed E-state index contributed by atoms with van der Waals surface area (Å²) in [6.07, 6.45) is 5.51. The number of ether oxygens (including phenoxy) is 1. The summed E-state index contributed by atoms with van der Waals surface area (Å²) in [4.78, 5) is 19.1. The highest BCUT2D eigenvalue weighted by Crippen LogP contribution is 2.45. The maximum atomic E-state index is 12.8. The molecule has 1 N–H and O–H groups in total. The third-order valence-corrected chi connectivity index (χ3v) is 5.76. The number of aliphatic hydroxyl groups is 1. The molecular formula is C22H28N2O3. The van der Waals surface area contributed by atoms with Gasteiger partial charge in [0.2, 0.25) is 0 Å². The van der Waals surface area contributed by atoms with Crippen molar-refractivity contribution >= 4 is 17.0 Å². The van der Waals surface area contributed by atoms with Gasteiger partial charge in [0.25, 0.3) is 0 Å². The molecule has 5 heteroatoms. The van der Waals surface area contributed by atoms with Crippen LogP contribution in [0, 0.1) is 0 Å². The zero-order valence-electron chi connectivity index (χ0n) is 16.3. The largest absolute Gasteiger partial charge is 0.444 e. The Kier molecular flexibility index (Phi) is 4.38. The van der Waals surface area contributed by atoms with Crippen LogP contribution in [0.5, 0.6) is 0 Å². The number of carbonyl (C=O) groups excluding carboxylic acids is 1. The maximum absolute atomic E-state index is 12.8. The van der Waals surface area contributed by atoms with Crippen molar-refractivity contribution in [3.8, 4) is 0 Å². The molecule has 2 aliphatic rings. The average Bonchev–Trinajstić information content (AvgIpc) is 2.59. The molecule has 2 atom stereocenters. The van der Waals surface area contributed by atoms with Gasteiger partial charge in [0, 0.05) is 36.5 Å². The van der Waals surface area contributed by atoms with Gasteiger partial charge in [-0.2, -0.15) is 0 Å². The number of aromatic nitrogens is 1. The van der Waals surface area contributed by atoms with Crippen molar-refractivity contribution in [3.63, 3.8) is 0 Å². The van der Waals surface area contributed by atoms with E-state index in [0.29, 0.717) is 12.8 Å². The van der Waals surface area contributed by atoms with Crippen molar-refractivity contribution in [2.45, 2.75) is 76.2 Å². The quantitative estimate of drug-likeness (QED) is 0.812. The fourth-order valence-electron chi connectivity index (χ4n) is 4.63. The Morgan fingerprint density at radius 1 is 1.22 bits per heavy atom. The molecule has 4 rings (SSSR count). The summed E-state index contributed by atoms with van der Waals surface area (Å²) in [7, 11) is 0. The Balaban J connectivity index is 1.62. The first-order chi connectivity index (χ1) is 12.8. The summed E-state index contributed by atoms with van der Waals surface area (Å²) >= 11 is 0. The van der Waals surface area contributed by atoms with E-state index in [1.807, 2.05) is 56.0 Å². The van der Waals surface area contributed by atoms with Gasteiger partial charge in [-0.15, -0.1) is 0 Å². The molecule has 5 nitrogen and oxygen atoms in total. The summed E-state index contributed by atoms with van der Waals surface area (Å²) in [5.74, 6) is 0. The number of rotatable bonds is 1. The smallest absolute Gasteiger partial charge is 0.410 e. The Morgan fingerprint density at radius 3 is 2.59 bits per heavy atom. The van der Waals surface area contributed by atoms with Crippen molar-refractivity contribution in [1.82, 2.24) is 9.88 Å². The van der Waals surface area contributed by atoms with Crippen LogP contribution in [0.4, 0.5) is 4.79 Å². The number of hydrogen-bond donors (Lipinski definition) is 1. The Bertz CT molecular complexity index is 844. The van der Waals surface area contributed by atoms with Gasteiger partial charge in [0.15, 0.2) is 0 Å². The van der Waals surface area contributed by atoms with E-state index < -0.39 is 11.2 Å². The lowest BCUT2D eigenvalue weighted by atomic mass is 9.72. The van der Waals surface area contributed by atoms with Crippen molar-refractivity contribution in [2.75, 3.05) is 0 Å². The van der Waals surface area contributed by atoms with Crippen molar-refractivity contribution in [1.29, 1.82) is 0 Å². The predicted octanol–water partition coefficient (Wildman–Crippen LogP) is 4.37. The van der Waals surface area contributed by atoms with Gasteiger partial charge in [-0.25, -0.2) is 4.79 Å². The van der Waals surface area contributed by atoms with Crippen LogP contribution in [-0.2, 0) is 10.3 Å². The SMILES string of the molecule is CC(C)(C)OC(=O)N1C2CCCC1CC(O)(c1ccc3cccnc3c1)C2. The second-order valence-electron chi connectivity index (χ2n) is 8.98. The van der Waals surface area contributed by atoms with Gasteiger partial charge in [0.1, 0.15) is 5.60 Å². The lowest BCUT2D eigenvalue weighted by Gasteiger charge is -2.51. The lowest BCUT2D eigenvalue weighted by molar-refractivity contribution is -0.0964. The van der Waals surface area contributed by atoms with Crippen molar-refractivity contribution < 1.29 is 14.6 Å². The number of amides is 1. The summed E-state index contributed by atoms with van der Waals surface area (Å²) in [6.45, 7) is 5.68. The minimum absolute atomic E-state index is 0.0109. The molecule has 1 amide bonds. The predicted molar refractivity (Wildman–Crippen MR) is 104 cm³/mol. The summed E-state index contributed by atoms with van der Waals surface area (Å²) in [5, 5.41) is 12.6. The third kappa shape index (κ3) is 3.53. The molecule has 1 aromatic carbocycles. The van der Waals surface area contributed by atoms with E-state index in [-0.39, 0.29) is 18.2 Å². The van der Waals surface area contributed by atoms with E-state index in [1.165, 1.54) is 0 Å². The number of carbonyl (C=O) groups is 1. The van der Waals surface area contributed by atoms with E-state index in [9.17, 15) is 9.90 Å². The zero-order chi connectivity index (χ0) is 19.2. The van der Waals surface area contributed by atoms with Crippen LogP contribution in [-0.4, -0.2) is 38.8 Å². The normalized spacial score (nSPS) is 28.2. The monoisotopic (exact) mass is 368 g/mol. The molecule has 0 radical (unpaired) electrons. The fourth-order valence-corrected chi connectivity index (χ4v) is 4.63.